The lowest BCUT2D eigenvalue weighted by molar-refractivity contribution is 0.474. The molecule has 6 heteroatoms. The van der Waals surface area contributed by atoms with Gasteiger partial charge in [-0.15, -0.1) is 0 Å². The summed E-state index contributed by atoms with van der Waals surface area (Å²) in [5, 5.41) is 27.4. The van der Waals surface area contributed by atoms with E-state index in [1.165, 1.54) is 6.21 Å². The van der Waals surface area contributed by atoms with Crippen LogP contribution in [0.5, 0.6) is 5.75 Å². The van der Waals surface area contributed by atoms with Crippen LogP contribution in [0.25, 0.3) is 0 Å². The van der Waals surface area contributed by atoms with Crippen LogP contribution in [0.2, 0.25) is 0 Å². The number of anilines is 1. The molecule has 0 saturated carbocycles. The van der Waals surface area contributed by atoms with Gasteiger partial charge in [0.05, 0.1) is 0 Å². The Balaban J connectivity index is 3.18. The van der Waals surface area contributed by atoms with Gasteiger partial charge in [-0.2, -0.15) is 10.5 Å². The van der Waals surface area contributed by atoms with Crippen molar-refractivity contribution in [2.45, 2.75) is 13.8 Å². The summed E-state index contributed by atoms with van der Waals surface area (Å²) in [6.45, 7) is 5.74. The van der Waals surface area contributed by atoms with Gasteiger partial charge in [0.15, 0.2) is 5.70 Å². The number of benzene rings is 1. The number of nitrogens with zero attached hydrogens (tertiary/aromatic N) is 4. The summed E-state index contributed by atoms with van der Waals surface area (Å²) in [5.74, 6) is 0.0440. The van der Waals surface area contributed by atoms with E-state index in [1.807, 2.05) is 19.9 Å². The maximum absolute atomic E-state index is 9.84. The Bertz CT molecular complexity index is 645. The van der Waals surface area contributed by atoms with Gasteiger partial charge in [0.1, 0.15) is 23.6 Å². The maximum atomic E-state index is 9.84. The Labute approximate surface area is 124 Å². The number of aromatic hydroxyl groups is 1. The van der Waals surface area contributed by atoms with Gasteiger partial charge < -0.3 is 15.7 Å². The maximum Gasteiger partial charge on any atom is 0.174 e. The number of aliphatic imine (C=N–C) groups is 1. The van der Waals surface area contributed by atoms with Crippen molar-refractivity contribution in [1.29, 1.82) is 10.5 Å². The Morgan fingerprint density at radius 2 is 2.00 bits per heavy atom. The lowest BCUT2D eigenvalue weighted by Crippen LogP contribution is -2.21. The van der Waals surface area contributed by atoms with E-state index in [9.17, 15) is 5.11 Å². The minimum Gasteiger partial charge on any atom is -0.507 e. The third-order valence-electron chi connectivity index (χ3n) is 2.95. The van der Waals surface area contributed by atoms with E-state index < -0.39 is 0 Å². The Hall–Kier alpha value is -2.99. The average Bonchev–Trinajstić information content (AvgIpc) is 2.51. The number of hydrogen-bond donors (Lipinski definition) is 2. The highest BCUT2D eigenvalue weighted by Gasteiger charge is 2.06. The van der Waals surface area contributed by atoms with Crippen molar-refractivity contribution < 1.29 is 5.11 Å². The van der Waals surface area contributed by atoms with Crippen LogP contribution in [0.3, 0.4) is 0 Å². The molecular weight excluding hydrogens is 266 g/mol. The third kappa shape index (κ3) is 3.99. The second-order valence-electron chi connectivity index (χ2n) is 4.16. The van der Waals surface area contributed by atoms with Gasteiger partial charge in [0, 0.05) is 30.6 Å². The molecule has 1 aromatic rings. The molecule has 1 aromatic carbocycles. The fraction of sp³-hybridized carbons (Fsp3) is 0.267. The predicted molar refractivity (Wildman–Crippen MR) is 81.7 cm³/mol. The summed E-state index contributed by atoms with van der Waals surface area (Å²) >= 11 is 0. The fourth-order valence-electron chi connectivity index (χ4n) is 1.78. The highest BCUT2D eigenvalue weighted by atomic mass is 16.3. The second-order valence-corrected chi connectivity index (χ2v) is 4.16. The molecule has 108 valence electrons. The molecule has 6 nitrogen and oxygen atoms in total. The summed E-state index contributed by atoms with van der Waals surface area (Å²) in [6, 6.07) is 8.55. The molecule has 0 aliphatic heterocycles. The van der Waals surface area contributed by atoms with Crippen molar-refractivity contribution in [3.63, 3.8) is 0 Å². The standard InChI is InChI=1S/C15H17N5O/c1-3-20(4-2)12-5-6-15(21)11(7-12)10-19-14(9-17)13(18)8-16/h5-7,10,21H,3-4,18H2,1-2H3/b14-13-,19-10?. The van der Waals surface area contributed by atoms with E-state index >= 15 is 0 Å². The van der Waals surface area contributed by atoms with E-state index in [0.29, 0.717) is 5.56 Å². The third-order valence-corrected chi connectivity index (χ3v) is 2.95. The topological polar surface area (TPSA) is 109 Å². The minimum atomic E-state index is -0.256. The summed E-state index contributed by atoms with van der Waals surface area (Å²) in [6.07, 6.45) is 1.32. The Morgan fingerprint density at radius 1 is 1.33 bits per heavy atom. The zero-order valence-electron chi connectivity index (χ0n) is 12.0. The van der Waals surface area contributed by atoms with Crippen LogP contribution < -0.4 is 10.6 Å². The summed E-state index contributed by atoms with van der Waals surface area (Å²) in [5.41, 5.74) is 6.33. The van der Waals surface area contributed by atoms with Gasteiger partial charge in [0.2, 0.25) is 0 Å². The first-order valence-corrected chi connectivity index (χ1v) is 6.49. The molecular formula is C15H17N5O. The number of nitrogens with two attached hydrogens (primary N) is 1. The Kier molecular flexibility index (Phi) is 5.79. The van der Waals surface area contributed by atoms with E-state index in [-0.39, 0.29) is 17.1 Å². The average molecular weight is 283 g/mol. The number of phenolic OH excluding ortho intramolecular Hbond substituents is 1. The molecule has 0 heterocycles. The molecule has 1 rings (SSSR count). The smallest absolute Gasteiger partial charge is 0.174 e. The molecule has 0 spiro atoms. The highest BCUT2D eigenvalue weighted by Crippen LogP contribution is 2.23. The van der Waals surface area contributed by atoms with Crippen LogP contribution in [0.4, 0.5) is 5.69 Å². The van der Waals surface area contributed by atoms with E-state index in [4.69, 9.17) is 16.3 Å². The van der Waals surface area contributed by atoms with Gasteiger partial charge in [-0.05, 0) is 32.0 Å². The number of allylic oxidation sites excluding steroid dienone is 2. The first-order valence-electron chi connectivity index (χ1n) is 6.49. The number of phenols is 1. The molecule has 0 radical (unpaired) electrons. The number of hydrogen-bond acceptors (Lipinski definition) is 6. The summed E-state index contributed by atoms with van der Waals surface area (Å²) in [7, 11) is 0. The SMILES string of the molecule is CCN(CC)c1ccc(O)c(C=N/C(C#N)=C(\N)C#N)c1. The molecule has 0 fully saturated rings. The lowest BCUT2D eigenvalue weighted by atomic mass is 10.1. The normalized spacial score (nSPS) is 11.6. The van der Waals surface area contributed by atoms with Gasteiger partial charge in [0.25, 0.3) is 0 Å². The van der Waals surface area contributed by atoms with Crippen LogP contribution in [-0.4, -0.2) is 24.4 Å². The van der Waals surface area contributed by atoms with Crippen LogP contribution in [0.15, 0.2) is 34.6 Å². The van der Waals surface area contributed by atoms with E-state index in [1.54, 1.807) is 24.3 Å². The lowest BCUT2D eigenvalue weighted by Gasteiger charge is -2.21. The van der Waals surface area contributed by atoms with Crippen molar-refractivity contribution in [3.05, 3.63) is 35.2 Å². The summed E-state index contributed by atoms with van der Waals surface area (Å²) < 4.78 is 0. The molecule has 0 atom stereocenters. The van der Waals surface area contributed by atoms with Crippen molar-refractivity contribution in [3.8, 4) is 17.9 Å². The van der Waals surface area contributed by atoms with Crippen LogP contribution in [-0.2, 0) is 0 Å². The van der Waals surface area contributed by atoms with Gasteiger partial charge in [-0.1, -0.05) is 0 Å². The van der Waals surface area contributed by atoms with Crippen LogP contribution in [0.1, 0.15) is 19.4 Å². The van der Waals surface area contributed by atoms with Gasteiger partial charge in [-0.3, -0.25) is 0 Å². The molecule has 0 bridgehead atoms. The minimum absolute atomic E-state index is 0.0440. The monoisotopic (exact) mass is 283 g/mol. The zero-order chi connectivity index (χ0) is 15.8. The second kappa shape index (κ2) is 7.56. The number of rotatable bonds is 5. The zero-order valence-corrected chi connectivity index (χ0v) is 12.0. The van der Waals surface area contributed by atoms with Crippen LogP contribution in [0, 0.1) is 22.7 Å². The van der Waals surface area contributed by atoms with Gasteiger partial charge >= 0.3 is 0 Å². The first-order chi connectivity index (χ1) is 10.1. The Morgan fingerprint density at radius 3 is 2.52 bits per heavy atom. The molecule has 21 heavy (non-hydrogen) atoms. The molecule has 3 N–H and O–H groups in total. The molecule has 0 aromatic heterocycles. The quantitative estimate of drug-likeness (QED) is 0.633. The van der Waals surface area contributed by atoms with E-state index in [2.05, 4.69) is 9.89 Å². The van der Waals surface area contributed by atoms with Crippen molar-refractivity contribution >= 4 is 11.9 Å². The van der Waals surface area contributed by atoms with Gasteiger partial charge in [-0.25, -0.2) is 4.99 Å². The molecule has 0 unspecified atom stereocenters. The fourth-order valence-corrected chi connectivity index (χ4v) is 1.78. The first kappa shape index (κ1) is 16.1. The van der Waals surface area contributed by atoms with Crippen molar-refractivity contribution in [1.82, 2.24) is 0 Å². The predicted octanol–water partition coefficient (Wildman–Crippen LogP) is 1.87. The highest BCUT2D eigenvalue weighted by molar-refractivity contribution is 5.86. The largest absolute Gasteiger partial charge is 0.507 e. The number of nitriles is 2. The van der Waals surface area contributed by atoms with Crippen LogP contribution >= 0.6 is 0 Å². The van der Waals surface area contributed by atoms with Crippen molar-refractivity contribution in [2.24, 2.45) is 10.7 Å². The van der Waals surface area contributed by atoms with Crippen molar-refractivity contribution in [2.75, 3.05) is 18.0 Å². The summed E-state index contributed by atoms with van der Waals surface area (Å²) in [4.78, 5) is 5.98. The molecule has 0 aliphatic carbocycles. The molecule has 0 saturated heterocycles. The molecule has 0 amide bonds. The van der Waals surface area contributed by atoms with E-state index in [0.717, 1.165) is 18.8 Å². The molecule has 0 aliphatic rings.